The number of ether oxygens (including phenoxy) is 2. The molecule has 0 aliphatic rings. The standard InChI is InChI=1S/C15H21N3O2/c1-3-19-13-7-11(8-14(10-13)20-4-2)5-6-12-9-15(16)18-17-12/h7-10H,3-6H2,1-2H3,(H3,16,17,18). The van der Waals surface area contributed by atoms with Crippen molar-refractivity contribution in [2.75, 3.05) is 18.9 Å². The summed E-state index contributed by atoms with van der Waals surface area (Å²) >= 11 is 0. The SMILES string of the molecule is CCOc1cc(CCc2cc(N)n[nH]2)cc(OCC)c1. The van der Waals surface area contributed by atoms with Crippen molar-refractivity contribution < 1.29 is 9.47 Å². The van der Waals surface area contributed by atoms with Crippen LogP contribution in [0.2, 0.25) is 0 Å². The first-order valence-electron chi connectivity index (χ1n) is 6.90. The Hall–Kier alpha value is -2.17. The lowest BCUT2D eigenvalue weighted by molar-refractivity contribution is 0.322. The van der Waals surface area contributed by atoms with E-state index in [0.717, 1.165) is 30.0 Å². The van der Waals surface area contributed by atoms with Crippen LogP contribution in [0.1, 0.15) is 25.1 Å². The Labute approximate surface area is 119 Å². The molecule has 1 heterocycles. The van der Waals surface area contributed by atoms with Crippen LogP contribution in [-0.4, -0.2) is 23.4 Å². The van der Waals surface area contributed by atoms with Crippen molar-refractivity contribution in [3.63, 3.8) is 0 Å². The minimum atomic E-state index is 0.526. The van der Waals surface area contributed by atoms with E-state index in [9.17, 15) is 0 Å². The van der Waals surface area contributed by atoms with Gasteiger partial charge in [0.2, 0.25) is 0 Å². The number of nitrogens with two attached hydrogens (primary N) is 1. The molecule has 1 aromatic heterocycles. The Bertz CT molecular complexity index is 528. The number of anilines is 1. The van der Waals surface area contributed by atoms with Crippen LogP contribution in [-0.2, 0) is 12.8 Å². The Morgan fingerprint density at radius 3 is 2.15 bits per heavy atom. The van der Waals surface area contributed by atoms with E-state index in [-0.39, 0.29) is 0 Å². The second-order valence-electron chi connectivity index (χ2n) is 4.50. The molecule has 0 fully saturated rings. The third-order valence-electron chi connectivity index (χ3n) is 2.90. The third kappa shape index (κ3) is 3.91. The summed E-state index contributed by atoms with van der Waals surface area (Å²) < 4.78 is 11.1. The maximum Gasteiger partial charge on any atom is 0.145 e. The topological polar surface area (TPSA) is 73.2 Å². The van der Waals surface area contributed by atoms with Crippen molar-refractivity contribution in [3.05, 3.63) is 35.5 Å². The van der Waals surface area contributed by atoms with Gasteiger partial charge in [-0.1, -0.05) is 0 Å². The average Bonchev–Trinajstić information content (AvgIpc) is 2.83. The van der Waals surface area contributed by atoms with Crippen molar-refractivity contribution in [2.24, 2.45) is 0 Å². The summed E-state index contributed by atoms with van der Waals surface area (Å²) in [5.41, 5.74) is 7.80. The summed E-state index contributed by atoms with van der Waals surface area (Å²) in [4.78, 5) is 0. The van der Waals surface area contributed by atoms with Crippen LogP contribution in [0.4, 0.5) is 5.82 Å². The van der Waals surface area contributed by atoms with Crippen molar-refractivity contribution in [2.45, 2.75) is 26.7 Å². The zero-order chi connectivity index (χ0) is 14.4. The minimum Gasteiger partial charge on any atom is -0.494 e. The van der Waals surface area contributed by atoms with Crippen molar-refractivity contribution in [1.29, 1.82) is 0 Å². The minimum absolute atomic E-state index is 0.526. The maximum absolute atomic E-state index is 5.59. The number of hydrogen-bond acceptors (Lipinski definition) is 4. The molecule has 0 saturated carbocycles. The van der Waals surface area contributed by atoms with Crippen LogP contribution in [0.25, 0.3) is 0 Å². The van der Waals surface area contributed by atoms with E-state index in [1.54, 1.807) is 0 Å². The fourth-order valence-electron chi connectivity index (χ4n) is 2.06. The highest BCUT2D eigenvalue weighted by molar-refractivity contribution is 5.39. The van der Waals surface area contributed by atoms with Gasteiger partial charge in [0.1, 0.15) is 17.3 Å². The zero-order valence-electron chi connectivity index (χ0n) is 12.0. The van der Waals surface area contributed by atoms with E-state index in [1.807, 2.05) is 38.1 Å². The van der Waals surface area contributed by atoms with Crippen LogP contribution >= 0.6 is 0 Å². The lowest BCUT2D eigenvalue weighted by atomic mass is 10.1. The Morgan fingerprint density at radius 2 is 1.65 bits per heavy atom. The van der Waals surface area contributed by atoms with Gasteiger partial charge in [-0.05, 0) is 44.4 Å². The molecule has 0 atom stereocenters. The summed E-state index contributed by atoms with van der Waals surface area (Å²) in [5.74, 6) is 2.22. The molecule has 0 bridgehead atoms. The predicted octanol–water partition coefficient (Wildman–Crippen LogP) is 2.57. The summed E-state index contributed by atoms with van der Waals surface area (Å²) in [7, 11) is 0. The molecule has 2 aromatic rings. The molecular weight excluding hydrogens is 254 g/mol. The Kier molecular flexibility index (Phi) is 4.87. The molecule has 2 rings (SSSR count). The van der Waals surface area contributed by atoms with E-state index in [2.05, 4.69) is 10.2 Å². The van der Waals surface area contributed by atoms with Crippen LogP contribution in [0.3, 0.4) is 0 Å². The number of aromatic amines is 1. The molecule has 5 heteroatoms. The summed E-state index contributed by atoms with van der Waals surface area (Å²) in [5, 5.41) is 6.84. The zero-order valence-corrected chi connectivity index (χ0v) is 12.0. The highest BCUT2D eigenvalue weighted by Crippen LogP contribution is 2.24. The Morgan fingerprint density at radius 1 is 1.00 bits per heavy atom. The molecule has 0 aliphatic carbocycles. The van der Waals surface area contributed by atoms with Crippen LogP contribution in [0, 0.1) is 0 Å². The number of aryl methyl sites for hydroxylation is 2. The normalized spacial score (nSPS) is 10.5. The van der Waals surface area contributed by atoms with E-state index < -0.39 is 0 Å². The molecular formula is C15H21N3O2. The number of H-pyrrole nitrogens is 1. The van der Waals surface area contributed by atoms with Gasteiger partial charge >= 0.3 is 0 Å². The van der Waals surface area contributed by atoms with Crippen LogP contribution in [0.15, 0.2) is 24.3 Å². The van der Waals surface area contributed by atoms with Crippen LogP contribution in [0.5, 0.6) is 11.5 Å². The van der Waals surface area contributed by atoms with E-state index in [4.69, 9.17) is 15.2 Å². The highest BCUT2D eigenvalue weighted by Gasteiger charge is 2.05. The molecule has 0 unspecified atom stereocenters. The van der Waals surface area contributed by atoms with Gasteiger partial charge in [-0.25, -0.2) is 0 Å². The van der Waals surface area contributed by atoms with Gasteiger partial charge in [0, 0.05) is 17.8 Å². The maximum atomic E-state index is 5.59. The molecule has 3 N–H and O–H groups in total. The molecule has 0 radical (unpaired) electrons. The largest absolute Gasteiger partial charge is 0.494 e. The second kappa shape index (κ2) is 6.84. The monoisotopic (exact) mass is 275 g/mol. The highest BCUT2D eigenvalue weighted by atomic mass is 16.5. The molecule has 0 aliphatic heterocycles. The van der Waals surface area contributed by atoms with Gasteiger partial charge < -0.3 is 15.2 Å². The molecule has 108 valence electrons. The average molecular weight is 275 g/mol. The van der Waals surface area contributed by atoms with Crippen molar-refractivity contribution in [3.8, 4) is 11.5 Å². The number of nitrogens with zero attached hydrogens (tertiary/aromatic N) is 1. The number of nitrogen functional groups attached to an aromatic ring is 1. The fraction of sp³-hybridized carbons (Fsp3) is 0.400. The third-order valence-corrected chi connectivity index (χ3v) is 2.90. The molecule has 20 heavy (non-hydrogen) atoms. The number of aromatic nitrogens is 2. The first-order chi connectivity index (χ1) is 9.71. The number of benzene rings is 1. The summed E-state index contributed by atoms with van der Waals surface area (Å²) in [6, 6.07) is 7.87. The molecule has 0 spiro atoms. The van der Waals surface area contributed by atoms with Crippen molar-refractivity contribution >= 4 is 5.82 Å². The quantitative estimate of drug-likeness (QED) is 0.814. The molecule has 0 amide bonds. The Balaban J connectivity index is 2.08. The molecule has 0 saturated heterocycles. The number of rotatable bonds is 7. The van der Waals surface area contributed by atoms with E-state index >= 15 is 0 Å². The smallest absolute Gasteiger partial charge is 0.145 e. The fourth-order valence-corrected chi connectivity index (χ4v) is 2.06. The van der Waals surface area contributed by atoms with Gasteiger partial charge in [0.15, 0.2) is 0 Å². The lowest BCUT2D eigenvalue weighted by Crippen LogP contribution is -1.98. The predicted molar refractivity (Wildman–Crippen MR) is 79.2 cm³/mol. The lowest BCUT2D eigenvalue weighted by Gasteiger charge is -2.10. The van der Waals surface area contributed by atoms with Crippen LogP contribution < -0.4 is 15.2 Å². The first-order valence-corrected chi connectivity index (χ1v) is 6.90. The summed E-state index contributed by atoms with van der Waals surface area (Å²) in [6.07, 6.45) is 1.73. The van der Waals surface area contributed by atoms with E-state index in [1.165, 1.54) is 5.56 Å². The van der Waals surface area contributed by atoms with Gasteiger partial charge in [-0.15, -0.1) is 0 Å². The molecule has 5 nitrogen and oxygen atoms in total. The summed E-state index contributed by atoms with van der Waals surface area (Å²) in [6.45, 7) is 5.24. The number of hydrogen-bond donors (Lipinski definition) is 2. The number of nitrogens with one attached hydrogen (secondary N) is 1. The second-order valence-corrected chi connectivity index (χ2v) is 4.50. The van der Waals surface area contributed by atoms with Gasteiger partial charge in [-0.2, -0.15) is 5.10 Å². The van der Waals surface area contributed by atoms with E-state index in [0.29, 0.717) is 19.0 Å². The molecule has 1 aromatic carbocycles. The first kappa shape index (κ1) is 14.2. The van der Waals surface area contributed by atoms with Gasteiger partial charge in [-0.3, -0.25) is 5.10 Å². The van der Waals surface area contributed by atoms with Gasteiger partial charge in [0.25, 0.3) is 0 Å². The van der Waals surface area contributed by atoms with Gasteiger partial charge in [0.05, 0.1) is 13.2 Å². The van der Waals surface area contributed by atoms with Crippen molar-refractivity contribution in [1.82, 2.24) is 10.2 Å².